The summed E-state index contributed by atoms with van der Waals surface area (Å²) in [5, 5.41) is 6.12. The van der Waals surface area contributed by atoms with Gasteiger partial charge in [-0.3, -0.25) is 0 Å². The average Bonchev–Trinajstić information content (AvgIpc) is 2.48. The number of nitrogens with one attached hydrogen (secondary N) is 2. The zero-order chi connectivity index (χ0) is 17.3. The second-order valence-electron chi connectivity index (χ2n) is 6.43. The van der Waals surface area contributed by atoms with E-state index in [1.165, 1.54) is 5.69 Å². The fourth-order valence-corrected chi connectivity index (χ4v) is 2.20. The van der Waals surface area contributed by atoms with Crippen LogP contribution in [0.3, 0.4) is 0 Å². The minimum absolute atomic E-state index is 0.360. The van der Waals surface area contributed by atoms with E-state index in [9.17, 15) is 4.79 Å². The minimum Gasteiger partial charge on any atom is -0.444 e. The number of benzene rings is 1. The monoisotopic (exact) mass is 321 g/mol. The molecule has 1 aromatic carbocycles. The Hall–Kier alpha value is -1.91. The van der Waals surface area contributed by atoms with Crippen molar-refractivity contribution < 1.29 is 9.53 Å². The van der Waals surface area contributed by atoms with Gasteiger partial charge >= 0.3 is 6.09 Å². The van der Waals surface area contributed by atoms with Crippen molar-refractivity contribution in [2.24, 2.45) is 0 Å². The van der Waals surface area contributed by atoms with Crippen LogP contribution in [-0.4, -0.2) is 37.9 Å². The summed E-state index contributed by atoms with van der Waals surface area (Å²) in [6.45, 7) is 13.3. The summed E-state index contributed by atoms with van der Waals surface area (Å²) < 4.78 is 5.18. The van der Waals surface area contributed by atoms with Crippen LogP contribution in [0.1, 0.15) is 41.0 Å². The molecule has 1 amide bonds. The van der Waals surface area contributed by atoms with Crippen molar-refractivity contribution in [3.05, 3.63) is 24.3 Å². The fourth-order valence-electron chi connectivity index (χ4n) is 2.20. The van der Waals surface area contributed by atoms with Gasteiger partial charge in [-0.25, -0.2) is 4.79 Å². The molecular weight excluding hydrogens is 290 g/mol. The predicted molar refractivity (Wildman–Crippen MR) is 97.3 cm³/mol. The SMILES string of the molecule is CCN(CC)c1ccc(NCCCNC(=O)OC(C)(C)C)cc1. The standard InChI is InChI=1S/C18H31N3O2/c1-6-21(7-2)16-11-9-15(10-12-16)19-13-8-14-20-17(22)23-18(3,4)5/h9-12,19H,6-8,13-14H2,1-5H3,(H,20,22). The highest BCUT2D eigenvalue weighted by molar-refractivity contribution is 5.67. The molecule has 0 aliphatic heterocycles. The summed E-state index contributed by atoms with van der Waals surface area (Å²) in [5.41, 5.74) is 1.89. The highest BCUT2D eigenvalue weighted by Gasteiger charge is 2.15. The van der Waals surface area contributed by atoms with E-state index in [4.69, 9.17) is 4.74 Å². The van der Waals surface area contributed by atoms with Crippen molar-refractivity contribution in [2.45, 2.75) is 46.6 Å². The maximum atomic E-state index is 11.5. The zero-order valence-electron chi connectivity index (χ0n) is 15.1. The van der Waals surface area contributed by atoms with Crippen LogP contribution >= 0.6 is 0 Å². The van der Waals surface area contributed by atoms with E-state index in [0.717, 1.165) is 31.7 Å². The molecule has 0 heterocycles. The number of alkyl carbamates (subject to hydrolysis) is 1. The first-order valence-corrected chi connectivity index (χ1v) is 8.41. The number of carbonyl (C=O) groups is 1. The lowest BCUT2D eigenvalue weighted by molar-refractivity contribution is 0.0528. The lowest BCUT2D eigenvalue weighted by Gasteiger charge is -2.21. The van der Waals surface area contributed by atoms with E-state index in [2.05, 4.69) is 53.6 Å². The fraction of sp³-hybridized carbons (Fsp3) is 0.611. The Morgan fingerprint density at radius 2 is 1.70 bits per heavy atom. The molecule has 1 aromatic rings. The van der Waals surface area contributed by atoms with Crippen molar-refractivity contribution in [1.82, 2.24) is 5.32 Å². The van der Waals surface area contributed by atoms with Crippen molar-refractivity contribution in [3.63, 3.8) is 0 Å². The minimum atomic E-state index is -0.449. The molecule has 0 bridgehead atoms. The molecule has 5 nitrogen and oxygen atoms in total. The van der Waals surface area contributed by atoms with Gasteiger partial charge in [-0.1, -0.05) is 0 Å². The lowest BCUT2D eigenvalue weighted by atomic mass is 10.2. The van der Waals surface area contributed by atoms with Gasteiger partial charge < -0.3 is 20.3 Å². The van der Waals surface area contributed by atoms with E-state index in [1.807, 2.05) is 20.8 Å². The Morgan fingerprint density at radius 3 is 2.22 bits per heavy atom. The quantitative estimate of drug-likeness (QED) is 0.714. The number of ether oxygens (including phenoxy) is 1. The number of rotatable bonds is 8. The van der Waals surface area contributed by atoms with Crippen LogP contribution < -0.4 is 15.5 Å². The third kappa shape index (κ3) is 7.77. The highest BCUT2D eigenvalue weighted by atomic mass is 16.6. The first kappa shape index (κ1) is 19.1. The molecule has 0 saturated carbocycles. The topological polar surface area (TPSA) is 53.6 Å². The first-order chi connectivity index (χ1) is 10.9. The first-order valence-electron chi connectivity index (χ1n) is 8.41. The molecule has 0 spiro atoms. The number of amides is 1. The van der Waals surface area contributed by atoms with E-state index in [1.54, 1.807) is 0 Å². The summed E-state index contributed by atoms with van der Waals surface area (Å²) in [7, 11) is 0. The van der Waals surface area contributed by atoms with E-state index in [-0.39, 0.29) is 6.09 Å². The molecular formula is C18H31N3O2. The third-order valence-corrected chi connectivity index (χ3v) is 3.35. The van der Waals surface area contributed by atoms with Crippen molar-refractivity contribution >= 4 is 17.5 Å². The maximum Gasteiger partial charge on any atom is 0.407 e. The molecule has 0 saturated heterocycles. The summed E-state index contributed by atoms with van der Waals surface area (Å²) in [4.78, 5) is 13.8. The van der Waals surface area contributed by atoms with Crippen LogP contribution in [0.15, 0.2) is 24.3 Å². The number of hydrogen-bond donors (Lipinski definition) is 2. The Bertz CT molecular complexity index is 462. The van der Waals surface area contributed by atoms with Gasteiger partial charge in [-0.2, -0.15) is 0 Å². The predicted octanol–water partition coefficient (Wildman–Crippen LogP) is 3.86. The molecule has 0 fully saturated rings. The molecule has 0 aliphatic carbocycles. The second-order valence-corrected chi connectivity index (χ2v) is 6.43. The number of carbonyl (C=O) groups excluding carboxylic acids is 1. The lowest BCUT2D eigenvalue weighted by Crippen LogP contribution is -2.33. The smallest absolute Gasteiger partial charge is 0.407 e. The third-order valence-electron chi connectivity index (χ3n) is 3.35. The number of hydrogen-bond acceptors (Lipinski definition) is 4. The normalized spacial score (nSPS) is 11.0. The van der Waals surface area contributed by atoms with Gasteiger partial charge in [0.1, 0.15) is 5.60 Å². The van der Waals surface area contributed by atoms with E-state index < -0.39 is 5.60 Å². The van der Waals surface area contributed by atoms with Gasteiger partial charge in [-0.15, -0.1) is 0 Å². The average molecular weight is 321 g/mol. The Morgan fingerprint density at radius 1 is 1.09 bits per heavy atom. The summed E-state index contributed by atoms with van der Waals surface area (Å²) in [5.74, 6) is 0. The molecule has 23 heavy (non-hydrogen) atoms. The van der Waals surface area contributed by atoms with Crippen molar-refractivity contribution in [3.8, 4) is 0 Å². The van der Waals surface area contributed by atoms with Crippen LogP contribution in [-0.2, 0) is 4.74 Å². The molecule has 0 atom stereocenters. The highest BCUT2D eigenvalue weighted by Crippen LogP contribution is 2.17. The van der Waals surface area contributed by atoms with Crippen LogP contribution in [0.2, 0.25) is 0 Å². The van der Waals surface area contributed by atoms with Crippen LogP contribution in [0, 0.1) is 0 Å². The Labute approximate surface area is 140 Å². The van der Waals surface area contributed by atoms with E-state index >= 15 is 0 Å². The Kier molecular flexibility index (Phi) is 7.72. The zero-order valence-corrected chi connectivity index (χ0v) is 15.1. The molecule has 130 valence electrons. The van der Waals surface area contributed by atoms with Gasteiger partial charge in [0.25, 0.3) is 0 Å². The number of anilines is 2. The molecule has 0 aliphatic rings. The molecule has 2 N–H and O–H groups in total. The second kappa shape index (κ2) is 9.28. The molecule has 5 heteroatoms. The molecule has 0 aromatic heterocycles. The largest absolute Gasteiger partial charge is 0.444 e. The van der Waals surface area contributed by atoms with Gasteiger partial charge in [-0.05, 0) is 65.3 Å². The number of nitrogens with zero attached hydrogens (tertiary/aromatic N) is 1. The maximum absolute atomic E-state index is 11.5. The molecule has 0 unspecified atom stereocenters. The van der Waals surface area contributed by atoms with Crippen LogP contribution in [0.5, 0.6) is 0 Å². The van der Waals surface area contributed by atoms with E-state index in [0.29, 0.717) is 6.54 Å². The van der Waals surface area contributed by atoms with Gasteiger partial charge in [0.2, 0.25) is 0 Å². The summed E-state index contributed by atoms with van der Waals surface area (Å²) in [6, 6.07) is 8.45. The molecule has 1 rings (SSSR count). The summed E-state index contributed by atoms with van der Waals surface area (Å²) >= 11 is 0. The van der Waals surface area contributed by atoms with Gasteiger partial charge in [0.05, 0.1) is 0 Å². The van der Waals surface area contributed by atoms with Crippen molar-refractivity contribution in [1.29, 1.82) is 0 Å². The van der Waals surface area contributed by atoms with Crippen molar-refractivity contribution in [2.75, 3.05) is 36.4 Å². The van der Waals surface area contributed by atoms with Crippen LogP contribution in [0.25, 0.3) is 0 Å². The Balaban J connectivity index is 2.25. The van der Waals surface area contributed by atoms with Crippen LogP contribution in [0.4, 0.5) is 16.2 Å². The van der Waals surface area contributed by atoms with Gasteiger partial charge in [0, 0.05) is 37.6 Å². The molecule has 0 radical (unpaired) electrons. The van der Waals surface area contributed by atoms with Gasteiger partial charge in [0.15, 0.2) is 0 Å². The summed E-state index contributed by atoms with van der Waals surface area (Å²) in [6.07, 6.45) is 0.484.